The van der Waals surface area contributed by atoms with E-state index in [9.17, 15) is 0 Å². The number of hydrogen-bond acceptors (Lipinski definition) is 4. The van der Waals surface area contributed by atoms with E-state index in [1.165, 1.54) is 16.1 Å². The zero-order valence-electron chi connectivity index (χ0n) is 13.6. The fraction of sp³-hybridized carbons (Fsp3) is 0.529. The molecule has 2 aromatic heterocycles. The van der Waals surface area contributed by atoms with Crippen LogP contribution in [0.25, 0.3) is 10.7 Å². The molecule has 0 radical (unpaired) electrons. The van der Waals surface area contributed by atoms with Crippen LogP contribution >= 0.6 is 11.3 Å². The first kappa shape index (κ1) is 16.1. The van der Waals surface area contributed by atoms with Gasteiger partial charge in [-0.1, -0.05) is 40.7 Å². The topological polar surface area (TPSA) is 37.8 Å². The van der Waals surface area contributed by atoms with Crippen molar-refractivity contribution < 1.29 is 0 Å². The van der Waals surface area contributed by atoms with Crippen molar-refractivity contribution in [1.29, 1.82) is 0 Å². The molecule has 0 aliphatic rings. The number of rotatable bonds is 6. The minimum atomic E-state index is 0.438. The van der Waals surface area contributed by atoms with Gasteiger partial charge >= 0.3 is 0 Å². The molecule has 0 amide bonds. The molecule has 0 aliphatic carbocycles. The second kappa shape index (κ2) is 7.14. The second-order valence-corrected chi connectivity index (χ2v) is 6.97. The van der Waals surface area contributed by atoms with E-state index in [-0.39, 0.29) is 0 Å². The first-order chi connectivity index (χ1) is 10.0. The summed E-state index contributed by atoms with van der Waals surface area (Å²) in [5.41, 5.74) is 3.52. The van der Waals surface area contributed by atoms with Crippen molar-refractivity contribution in [2.45, 2.75) is 59.5 Å². The zero-order valence-corrected chi connectivity index (χ0v) is 14.4. The van der Waals surface area contributed by atoms with Crippen molar-refractivity contribution in [2.24, 2.45) is 0 Å². The van der Waals surface area contributed by atoms with Crippen molar-refractivity contribution >= 4 is 11.3 Å². The lowest BCUT2D eigenvalue weighted by Gasteiger charge is -2.09. The third-order valence-corrected chi connectivity index (χ3v) is 4.50. The Balaban J connectivity index is 2.39. The van der Waals surface area contributed by atoms with Gasteiger partial charge in [0.2, 0.25) is 0 Å². The van der Waals surface area contributed by atoms with Gasteiger partial charge in [-0.05, 0) is 24.0 Å². The minimum absolute atomic E-state index is 0.438. The molecule has 21 heavy (non-hydrogen) atoms. The Hall–Kier alpha value is -1.26. The highest BCUT2D eigenvalue weighted by atomic mass is 32.1. The smallest absolute Gasteiger partial charge is 0.142 e. The van der Waals surface area contributed by atoms with Crippen LogP contribution in [0.3, 0.4) is 0 Å². The average Bonchev–Trinajstić information content (AvgIpc) is 2.89. The van der Waals surface area contributed by atoms with Crippen LogP contribution in [-0.4, -0.2) is 16.0 Å². The Morgan fingerprint density at radius 2 is 2.00 bits per heavy atom. The summed E-state index contributed by atoms with van der Waals surface area (Å²) in [6.07, 6.45) is 2.84. The lowest BCUT2D eigenvalue weighted by molar-refractivity contribution is 0.588. The van der Waals surface area contributed by atoms with Crippen LogP contribution in [0.2, 0.25) is 0 Å². The molecule has 0 saturated heterocycles. The van der Waals surface area contributed by atoms with Crippen LogP contribution in [0.4, 0.5) is 0 Å². The summed E-state index contributed by atoms with van der Waals surface area (Å²) in [5, 5.41) is 4.55. The van der Waals surface area contributed by atoms with E-state index < -0.39 is 0 Å². The SMILES string of the molecule is CCc1cccnc1-c1nc(C(C)C)c(CNC(C)C)s1. The predicted octanol–water partition coefficient (Wildman–Crippen LogP) is 4.39. The van der Waals surface area contributed by atoms with Crippen molar-refractivity contribution in [3.8, 4) is 10.7 Å². The molecule has 2 heterocycles. The van der Waals surface area contributed by atoms with E-state index >= 15 is 0 Å². The molecule has 1 N–H and O–H groups in total. The molecule has 0 atom stereocenters. The Morgan fingerprint density at radius 1 is 1.24 bits per heavy atom. The van der Waals surface area contributed by atoms with Crippen LogP contribution in [0, 0.1) is 0 Å². The zero-order chi connectivity index (χ0) is 15.4. The van der Waals surface area contributed by atoms with Crippen molar-refractivity contribution in [1.82, 2.24) is 15.3 Å². The van der Waals surface area contributed by atoms with Gasteiger partial charge in [-0.3, -0.25) is 4.98 Å². The number of nitrogens with one attached hydrogen (secondary N) is 1. The fourth-order valence-corrected chi connectivity index (χ4v) is 3.46. The number of nitrogens with zero attached hydrogens (tertiary/aromatic N) is 2. The normalized spacial score (nSPS) is 11.6. The van der Waals surface area contributed by atoms with E-state index in [2.05, 4.69) is 51.0 Å². The summed E-state index contributed by atoms with van der Waals surface area (Å²) < 4.78 is 0. The molecular formula is C17H25N3S. The largest absolute Gasteiger partial charge is 0.310 e. The molecule has 0 aliphatic heterocycles. The highest BCUT2D eigenvalue weighted by Crippen LogP contribution is 2.32. The molecule has 114 valence electrons. The quantitative estimate of drug-likeness (QED) is 0.860. The Morgan fingerprint density at radius 3 is 2.62 bits per heavy atom. The van der Waals surface area contributed by atoms with Gasteiger partial charge in [-0.2, -0.15) is 0 Å². The maximum absolute atomic E-state index is 4.88. The maximum atomic E-state index is 4.88. The molecule has 3 nitrogen and oxygen atoms in total. The summed E-state index contributed by atoms with van der Waals surface area (Å²) in [4.78, 5) is 10.8. The predicted molar refractivity (Wildman–Crippen MR) is 90.8 cm³/mol. The van der Waals surface area contributed by atoms with E-state index in [0.29, 0.717) is 12.0 Å². The van der Waals surface area contributed by atoms with Gasteiger partial charge in [-0.25, -0.2) is 4.98 Å². The van der Waals surface area contributed by atoms with Gasteiger partial charge in [-0.15, -0.1) is 11.3 Å². The first-order valence-electron chi connectivity index (χ1n) is 7.70. The minimum Gasteiger partial charge on any atom is -0.310 e. The third-order valence-electron chi connectivity index (χ3n) is 3.42. The van der Waals surface area contributed by atoms with Gasteiger partial charge < -0.3 is 5.32 Å². The molecule has 2 rings (SSSR count). The molecule has 0 saturated carbocycles. The lowest BCUT2D eigenvalue weighted by atomic mass is 10.1. The Bertz CT molecular complexity index is 587. The molecular weight excluding hydrogens is 278 g/mol. The summed E-state index contributed by atoms with van der Waals surface area (Å²) in [5.74, 6) is 0.438. The van der Waals surface area contributed by atoms with Gasteiger partial charge in [0.1, 0.15) is 10.7 Å². The summed E-state index contributed by atoms with van der Waals surface area (Å²) in [7, 11) is 0. The molecule has 0 bridgehead atoms. The monoisotopic (exact) mass is 303 g/mol. The summed E-state index contributed by atoms with van der Waals surface area (Å²) >= 11 is 1.78. The van der Waals surface area contributed by atoms with Gasteiger partial charge in [0.05, 0.1) is 5.69 Å². The Kier molecular flexibility index (Phi) is 5.48. The highest BCUT2D eigenvalue weighted by Gasteiger charge is 2.17. The standard InChI is InChI=1S/C17H25N3S/c1-6-13-8-7-9-18-16(13)17-20-15(11(2)3)14(21-17)10-19-12(4)5/h7-9,11-12,19H,6,10H2,1-5H3. The van der Waals surface area contributed by atoms with Gasteiger partial charge in [0, 0.05) is 23.7 Å². The first-order valence-corrected chi connectivity index (χ1v) is 8.51. The number of aromatic nitrogens is 2. The molecule has 0 spiro atoms. The van der Waals surface area contributed by atoms with Crippen molar-refractivity contribution in [3.05, 3.63) is 34.5 Å². The van der Waals surface area contributed by atoms with E-state index in [0.717, 1.165) is 23.7 Å². The number of hydrogen-bond donors (Lipinski definition) is 1. The average molecular weight is 303 g/mol. The van der Waals surface area contributed by atoms with Crippen LogP contribution in [0.15, 0.2) is 18.3 Å². The fourth-order valence-electron chi connectivity index (χ4n) is 2.26. The maximum Gasteiger partial charge on any atom is 0.142 e. The van der Waals surface area contributed by atoms with Gasteiger partial charge in [0.25, 0.3) is 0 Å². The van der Waals surface area contributed by atoms with Crippen LogP contribution in [-0.2, 0) is 13.0 Å². The van der Waals surface area contributed by atoms with Crippen molar-refractivity contribution in [2.75, 3.05) is 0 Å². The van der Waals surface area contributed by atoms with Crippen molar-refractivity contribution in [3.63, 3.8) is 0 Å². The summed E-state index contributed by atoms with van der Waals surface area (Å²) in [6.45, 7) is 11.8. The van der Waals surface area contributed by atoms with Gasteiger partial charge in [0.15, 0.2) is 0 Å². The second-order valence-electron chi connectivity index (χ2n) is 5.88. The molecule has 0 unspecified atom stereocenters. The van der Waals surface area contributed by atoms with E-state index in [1.54, 1.807) is 11.3 Å². The third kappa shape index (κ3) is 3.89. The van der Waals surface area contributed by atoms with Crippen LogP contribution < -0.4 is 5.32 Å². The molecule has 2 aromatic rings. The number of pyridine rings is 1. The number of aryl methyl sites for hydroxylation is 1. The van der Waals surface area contributed by atoms with Crippen LogP contribution in [0.5, 0.6) is 0 Å². The highest BCUT2D eigenvalue weighted by molar-refractivity contribution is 7.15. The molecule has 0 aromatic carbocycles. The van der Waals surface area contributed by atoms with E-state index in [1.807, 2.05) is 12.3 Å². The molecule has 0 fully saturated rings. The van der Waals surface area contributed by atoms with Crippen LogP contribution in [0.1, 0.15) is 56.7 Å². The summed E-state index contributed by atoms with van der Waals surface area (Å²) in [6, 6.07) is 4.63. The lowest BCUT2D eigenvalue weighted by Crippen LogP contribution is -2.22. The molecule has 4 heteroatoms. The number of thiazole rings is 1. The Labute approximate surface area is 131 Å². The van der Waals surface area contributed by atoms with E-state index in [4.69, 9.17) is 4.98 Å².